The normalized spacial score (nSPS) is 10.7. The lowest BCUT2D eigenvalue weighted by atomic mass is 10.2. The number of nitrogens with one attached hydrogen (secondary N) is 2. The molecule has 2 N–H and O–H groups in total. The highest BCUT2D eigenvalue weighted by Crippen LogP contribution is 2.27. The van der Waals surface area contributed by atoms with E-state index < -0.39 is 0 Å². The highest BCUT2D eigenvalue weighted by atomic mass is 127. The predicted octanol–water partition coefficient (Wildman–Crippen LogP) is 2.18. The SMILES string of the molecule is C=CCNC(=NCc1ccc(OC)c(OC)c1)NCc1nnc(C)n1C.I. The van der Waals surface area contributed by atoms with Crippen LogP contribution in [0.15, 0.2) is 35.8 Å². The van der Waals surface area contributed by atoms with Gasteiger partial charge < -0.3 is 24.7 Å². The first-order chi connectivity index (χ1) is 12.6. The first-order valence-corrected chi connectivity index (χ1v) is 8.27. The molecule has 0 aliphatic carbocycles. The molecule has 0 amide bonds. The van der Waals surface area contributed by atoms with Crippen molar-refractivity contribution in [1.82, 2.24) is 25.4 Å². The van der Waals surface area contributed by atoms with Crippen LogP contribution >= 0.6 is 24.0 Å². The minimum absolute atomic E-state index is 0. The van der Waals surface area contributed by atoms with E-state index in [9.17, 15) is 0 Å². The van der Waals surface area contributed by atoms with Crippen molar-refractivity contribution in [2.24, 2.45) is 12.0 Å². The standard InChI is InChI=1S/C18H26N6O2.HI/c1-6-9-19-18(21-12-17-23-22-13(2)24(17)3)20-11-14-7-8-15(25-4)16(10-14)26-5;/h6-8,10H,1,9,11-12H2,2-5H3,(H2,19,20,21);1H. The maximum absolute atomic E-state index is 5.33. The van der Waals surface area contributed by atoms with Gasteiger partial charge in [0.05, 0.1) is 27.3 Å². The summed E-state index contributed by atoms with van der Waals surface area (Å²) in [4.78, 5) is 4.61. The highest BCUT2D eigenvalue weighted by Gasteiger charge is 2.07. The molecule has 2 rings (SSSR count). The number of hydrogen-bond acceptors (Lipinski definition) is 5. The molecule has 0 radical (unpaired) electrons. The van der Waals surface area contributed by atoms with Gasteiger partial charge in [0.2, 0.25) is 0 Å². The number of benzene rings is 1. The molecule has 0 bridgehead atoms. The zero-order chi connectivity index (χ0) is 18.9. The van der Waals surface area contributed by atoms with Gasteiger partial charge in [-0.3, -0.25) is 0 Å². The average molecular weight is 486 g/mol. The summed E-state index contributed by atoms with van der Waals surface area (Å²) in [5.41, 5.74) is 1.01. The number of guanidine groups is 1. The van der Waals surface area contributed by atoms with Gasteiger partial charge in [-0.15, -0.1) is 40.8 Å². The van der Waals surface area contributed by atoms with Crippen molar-refractivity contribution in [3.05, 3.63) is 48.1 Å². The molecule has 9 heteroatoms. The monoisotopic (exact) mass is 486 g/mol. The average Bonchev–Trinajstić information content (AvgIpc) is 2.99. The maximum Gasteiger partial charge on any atom is 0.192 e. The van der Waals surface area contributed by atoms with Gasteiger partial charge in [0.15, 0.2) is 23.3 Å². The third kappa shape index (κ3) is 6.42. The molecule has 27 heavy (non-hydrogen) atoms. The molecule has 0 unspecified atom stereocenters. The molecule has 0 fully saturated rings. The zero-order valence-electron chi connectivity index (χ0n) is 16.2. The van der Waals surface area contributed by atoms with E-state index in [4.69, 9.17) is 9.47 Å². The number of aromatic nitrogens is 3. The van der Waals surface area contributed by atoms with Crippen molar-refractivity contribution in [3.63, 3.8) is 0 Å². The van der Waals surface area contributed by atoms with Crippen LogP contribution in [0.1, 0.15) is 17.2 Å². The Morgan fingerprint density at radius 2 is 1.96 bits per heavy atom. The fourth-order valence-electron chi connectivity index (χ4n) is 2.26. The molecule has 8 nitrogen and oxygen atoms in total. The van der Waals surface area contributed by atoms with E-state index >= 15 is 0 Å². The summed E-state index contributed by atoms with van der Waals surface area (Å²) in [6.45, 7) is 7.26. The van der Waals surface area contributed by atoms with E-state index in [2.05, 4.69) is 32.4 Å². The lowest BCUT2D eigenvalue weighted by Gasteiger charge is -2.12. The lowest BCUT2D eigenvalue weighted by molar-refractivity contribution is 0.354. The fraction of sp³-hybridized carbons (Fsp3) is 0.389. The van der Waals surface area contributed by atoms with E-state index in [0.717, 1.165) is 17.2 Å². The van der Waals surface area contributed by atoms with Crippen LogP contribution in [0.5, 0.6) is 11.5 Å². The topological polar surface area (TPSA) is 85.6 Å². The number of halogens is 1. The maximum atomic E-state index is 5.33. The largest absolute Gasteiger partial charge is 0.493 e. The smallest absolute Gasteiger partial charge is 0.192 e. The van der Waals surface area contributed by atoms with Gasteiger partial charge in [-0.1, -0.05) is 12.1 Å². The number of ether oxygens (including phenoxy) is 2. The summed E-state index contributed by atoms with van der Waals surface area (Å²) in [6.07, 6.45) is 1.78. The first kappa shape index (κ1) is 22.7. The second-order valence-corrected chi connectivity index (χ2v) is 5.60. The summed E-state index contributed by atoms with van der Waals surface area (Å²) in [6, 6.07) is 5.75. The van der Waals surface area contributed by atoms with Gasteiger partial charge in [0.1, 0.15) is 5.82 Å². The van der Waals surface area contributed by atoms with Crippen LogP contribution in [0.3, 0.4) is 0 Å². The Balaban J connectivity index is 0.00000364. The van der Waals surface area contributed by atoms with Crippen molar-refractivity contribution in [3.8, 4) is 11.5 Å². The van der Waals surface area contributed by atoms with Gasteiger partial charge in [-0.25, -0.2) is 4.99 Å². The Bertz CT molecular complexity index is 775. The molecule has 1 aromatic carbocycles. The van der Waals surface area contributed by atoms with Gasteiger partial charge in [0.25, 0.3) is 0 Å². The molecule has 1 heterocycles. The minimum Gasteiger partial charge on any atom is -0.493 e. The summed E-state index contributed by atoms with van der Waals surface area (Å²) in [5.74, 6) is 3.75. The van der Waals surface area contributed by atoms with E-state index in [1.807, 2.05) is 36.7 Å². The molecule has 0 aliphatic rings. The third-order valence-electron chi connectivity index (χ3n) is 3.88. The van der Waals surface area contributed by atoms with E-state index in [1.165, 1.54) is 0 Å². The summed E-state index contributed by atoms with van der Waals surface area (Å²) >= 11 is 0. The molecular formula is C18H27IN6O2. The highest BCUT2D eigenvalue weighted by molar-refractivity contribution is 14.0. The van der Waals surface area contributed by atoms with Gasteiger partial charge in [-0.05, 0) is 24.6 Å². The lowest BCUT2D eigenvalue weighted by Crippen LogP contribution is -2.37. The molecular weight excluding hydrogens is 459 g/mol. The van der Waals surface area contributed by atoms with Crippen molar-refractivity contribution in [1.29, 1.82) is 0 Å². The number of aliphatic imine (C=N–C) groups is 1. The summed E-state index contributed by atoms with van der Waals surface area (Å²) < 4.78 is 12.5. The number of rotatable bonds is 8. The van der Waals surface area contributed by atoms with Crippen LogP contribution in [0.25, 0.3) is 0 Å². The molecule has 148 valence electrons. The van der Waals surface area contributed by atoms with Crippen LogP contribution in [0.2, 0.25) is 0 Å². The molecule has 0 saturated heterocycles. The van der Waals surface area contributed by atoms with Crippen molar-refractivity contribution < 1.29 is 9.47 Å². The molecule has 0 saturated carbocycles. The fourth-order valence-corrected chi connectivity index (χ4v) is 2.26. The Morgan fingerprint density at radius 3 is 2.56 bits per heavy atom. The van der Waals surface area contributed by atoms with Crippen LogP contribution < -0.4 is 20.1 Å². The Kier molecular flexibility index (Phi) is 9.62. The molecule has 0 aliphatic heterocycles. The van der Waals surface area contributed by atoms with Gasteiger partial charge in [0, 0.05) is 13.6 Å². The first-order valence-electron chi connectivity index (χ1n) is 8.27. The van der Waals surface area contributed by atoms with E-state index in [0.29, 0.717) is 37.1 Å². The number of aryl methyl sites for hydroxylation is 1. The number of methoxy groups -OCH3 is 2. The molecule has 0 spiro atoms. The van der Waals surface area contributed by atoms with Crippen LogP contribution in [0, 0.1) is 6.92 Å². The summed E-state index contributed by atoms with van der Waals surface area (Å²) in [7, 11) is 5.17. The zero-order valence-corrected chi connectivity index (χ0v) is 18.5. The number of hydrogen-bond donors (Lipinski definition) is 2. The number of nitrogens with zero attached hydrogens (tertiary/aromatic N) is 4. The predicted molar refractivity (Wildman–Crippen MR) is 117 cm³/mol. The second-order valence-electron chi connectivity index (χ2n) is 5.60. The molecule has 1 aromatic heterocycles. The minimum atomic E-state index is 0. The Morgan fingerprint density at radius 1 is 1.22 bits per heavy atom. The van der Waals surface area contributed by atoms with Crippen molar-refractivity contribution >= 4 is 29.9 Å². The Hall–Kier alpha value is -2.30. The van der Waals surface area contributed by atoms with E-state index in [-0.39, 0.29) is 24.0 Å². The second kappa shape index (κ2) is 11.4. The van der Waals surface area contributed by atoms with Crippen molar-refractivity contribution in [2.75, 3.05) is 20.8 Å². The molecule has 0 atom stereocenters. The van der Waals surface area contributed by atoms with Crippen LogP contribution in [0.4, 0.5) is 0 Å². The van der Waals surface area contributed by atoms with Gasteiger partial charge in [-0.2, -0.15) is 0 Å². The van der Waals surface area contributed by atoms with Gasteiger partial charge >= 0.3 is 0 Å². The summed E-state index contributed by atoms with van der Waals surface area (Å²) in [5, 5.41) is 14.7. The quantitative estimate of drug-likeness (QED) is 0.258. The van der Waals surface area contributed by atoms with Crippen LogP contribution in [-0.4, -0.2) is 41.5 Å². The van der Waals surface area contributed by atoms with Crippen LogP contribution in [-0.2, 0) is 20.1 Å². The van der Waals surface area contributed by atoms with Crippen molar-refractivity contribution in [2.45, 2.75) is 20.0 Å². The van der Waals surface area contributed by atoms with E-state index in [1.54, 1.807) is 20.3 Å². The molecule has 2 aromatic rings. The third-order valence-corrected chi connectivity index (χ3v) is 3.88. The Labute approximate surface area is 177 Å².